The second-order valence-corrected chi connectivity index (χ2v) is 4.65. The van der Waals surface area contributed by atoms with E-state index in [2.05, 4.69) is 17.5 Å². The van der Waals surface area contributed by atoms with Gasteiger partial charge in [-0.1, -0.05) is 42.5 Å². The average Bonchev–Trinajstić information content (AvgIpc) is 2.53. The van der Waals surface area contributed by atoms with Crippen LogP contribution < -0.4 is 14.8 Å². The fourth-order valence-electron chi connectivity index (χ4n) is 2.23. The second-order valence-electron chi connectivity index (χ2n) is 4.65. The Labute approximate surface area is 118 Å². The molecule has 0 fully saturated rings. The van der Waals surface area contributed by atoms with E-state index < -0.39 is 0 Å². The van der Waals surface area contributed by atoms with E-state index in [9.17, 15) is 0 Å². The Morgan fingerprint density at radius 1 is 1.10 bits per heavy atom. The Balaban J connectivity index is 1.83. The van der Waals surface area contributed by atoms with Gasteiger partial charge in [-0.05, 0) is 11.6 Å². The molecule has 0 aliphatic carbocycles. The van der Waals surface area contributed by atoms with E-state index in [4.69, 9.17) is 9.47 Å². The molecular formula is C17H17NO2. The molecule has 2 aromatic carbocycles. The fourth-order valence-corrected chi connectivity index (χ4v) is 2.23. The van der Waals surface area contributed by atoms with Crippen LogP contribution in [0.1, 0.15) is 11.1 Å². The first-order valence-corrected chi connectivity index (χ1v) is 6.66. The summed E-state index contributed by atoms with van der Waals surface area (Å²) < 4.78 is 11.3. The van der Waals surface area contributed by atoms with Crippen LogP contribution in [0.3, 0.4) is 0 Å². The van der Waals surface area contributed by atoms with E-state index in [1.165, 1.54) is 0 Å². The lowest BCUT2D eigenvalue weighted by molar-refractivity contribution is 0.284. The number of fused-ring (bicyclic) bond motifs is 1. The highest BCUT2D eigenvalue weighted by atomic mass is 16.5. The number of methoxy groups -OCH3 is 1. The van der Waals surface area contributed by atoms with Gasteiger partial charge in [-0.3, -0.25) is 0 Å². The molecule has 20 heavy (non-hydrogen) atoms. The number of ether oxygens (including phenoxy) is 2. The highest BCUT2D eigenvalue weighted by molar-refractivity contribution is 5.74. The molecular weight excluding hydrogens is 250 g/mol. The van der Waals surface area contributed by atoms with Gasteiger partial charge in [0.25, 0.3) is 0 Å². The van der Waals surface area contributed by atoms with Crippen LogP contribution in [0, 0.1) is 0 Å². The van der Waals surface area contributed by atoms with Crippen LogP contribution in [-0.4, -0.2) is 13.7 Å². The average molecular weight is 267 g/mol. The maximum absolute atomic E-state index is 5.89. The van der Waals surface area contributed by atoms with Gasteiger partial charge in [0.1, 0.15) is 6.61 Å². The van der Waals surface area contributed by atoms with E-state index >= 15 is 0 Å². The van der Waals surface area contributed by atoms with Crippen molar-refractivity contribution in [1.82, 2.24) is 0 Å². The van der Waals surface area contributed by atoms with E-state index in [1.807, 2.05) is 42.5 Å². The topological polar surface area (TPSA) is 30.5 Å². The summed E-state index contributed by atoms with van der Waals surface area (Å²) in [5.74, 6) is 1.52. The molecule has 0 saturated heterocycles. The predicted octanol–water partition coefficient (Wildman–Crippen LogP) is 3.71. The summed E-state index contributed by atoms with van der Waals surface area (Å²) in [7, 11) is 1.66. The molecule has 1 aliphatic heterocycles. The summed E-state index contributed by atoms with van der Waals surface area (Å²) >= 11 is 0. The maximum Gasteiger partial charge on any atom is 0.163 e. The van der Waals surface area contributed by atoms with Crippen LogP contribution in [0.5, 0.6) is 11.5 Å². The standard InChI is InChI=1S/C17H17NO2/c1-19-16-10-14-8-5-9-18-15(14)11-17(16)20-12-13-6-3-2-4-7-13/h2-8,10-11,18H,9,12H2,1H3. The van der Waals surface area contributed by atoms with Crippen molar-refractivity contribution in [3.8, 4) is 11.5 Å². The minimum atomic E-state index is 0.534. The SMILES string of the molecule is COc1cc2c(cc1OCc1ccccc1)NCC=C2. The van der Waals surface area contributed by atoms with Gasteiger partial charge >= 0.3 is 0 Å². The van der Waals surface area contributed by atoms with Crippen molar-refractivity contribution in [1.29, 1.82) is 0 Å². The quantitative estimate of drug-likeness (QED) is 0.916. The van der Waals surface area contributed by atoms with E-state index in [-0.39, 0.29) is 0 Å². The van der Waals surface area contributed by atoms with Gasteiger partial charge in [0.15, 0.2) is 11.5 Å². The van der Waals surface area contributed by atoms with Crippen LogP contribution in [0.25, 0.3) is 6.08 Å². The highest BCUT2D eigenvalue weighted by Gasteiger charge is 2.12. The summed E-state index contributed by atoms with van der Waals surface area (Å²) in [6.07, 6.45) is 4.18. The van der Waals surface area contributed by atoms with Crippen molar-refractivity contribution in [3.05, 3.63) is 59.7 Å². The molecule has 3 rings (SSSR count). The first-order valence-electron chi connectivity index (χ1n) is 6.66. The smallest absolute Gasteiger partial charge is 0.163 e. The zero-order valence-electron chi connectivity index (χ0n) is 11.4. The van der Waals surface area contributed by atoms with Crippen LogP contribution >= 0.6 is 0 Å². The van der Waals surface area contributed by atoms with Crippen LogP contribution in [0.2, 0.25) is 0 Å². The lowest BCUT2D eigenvalue weighted by Gasteiger charge is -2.17. The molecule has 1 aliphatic rings. The molecule has 0 bridgehead atoms. The normalized spacial score (nSPS) is 12.4. The van der Waals surface area contributed by atoms with Gasteiger partial charge in [-0.15, -0.1) is 0 Å². The number of hydrogen-bond donors (Lipinski definition) is 1. The summed E-state index contributed by atoms with van der Waals surface area (Å²) in [6, 6.07) is 14.1. The van der Waals surface area contributed by atoms with Crippen LogP contribution in [0.4, 0.5) is 5.69 Å². The molecule has 3 nitrogen and oxygen atoms in total. The lowest BCUT2D eigenvalue weighted by Crippen LogP contribution is -2.06. The Hall–Kier alpha value is -2.42. The molecule has 3 heteroatoms. The molecule has 2 aromatic rings. The van der Waals surface area contributed by atoms with Crippen molar-refractivity contribution in [2.24, 2.45) is 0 Å². The number of benzene rings is 2. The molecule has 0 unspecified atom stereocenters. The zero-order valence-corrected chi connectivity index (χ0v) is 11.4. The van der Waals surface area contributed by atoms with E-state index in [0.717, 1.165) is 34.9 Å². The van der Waals surface area contributed by atoms with Gasteiger partial charge in [0, 0.05) is 23.9 Å². The van der Waals surface area contributed by atoms with E-state index in [0.29, 0.717) is 6.61 Å². The Morgan fingerprint density at radius 2 is 1.95 bits per heavy atom. The minimum absolute atomic E-state index is 0.534. The predicted molar refractivity (Wildman–Crippen MR) is 81.3 cm³/mol. The van der Waals surface area contributed by atoms with Crippen molar-refractivity contribution in [3.63, 3.8) is 0 Å². The summed E-state index contributed by atoms with van der Waals surface area (Å²) in [4.78, 5) is 0. The maximum atomic E-state index is 5.89. The second kappa shape index (κ2) is 5.70. The minimum Gasteiger partial charge on any atom is -0.493 e. The zero-order chi connectivity index (χ0) is 13.8. The molecule has 0 amide bonds. The van der Waals surface area contributed by atoms with Gasteiger partial charge in [0.2, 0.25) is 0 Å². The molecule has 102 valence electrons. The Morgan fingerprint density at radius 3 is 2.75 bits per heavy atom. The van der Waals surface area contributed by atoms with Gasteiger partial charge in [0.05, 0.1) is 7.11 Å². The summed E-state index contributed by atoms with van der Waals surface area (Å²) in [5, 5.41) is 3.33. The largest absolute Gasteiger partial charge is 0.493 e. The van der Waals surface area contributed by atoms with Crippen molar-refractivity contribution < 1.29 is 9.47 Å². The Bertz CT molecular complexity index is 620. The molecule has 0 saturated carbocycles. The molecule has 0 atom stereocenters. The highest BCUT2D eigenvalue weighted by Crippen LogP contribution is 2.35. The van der Waals surface area contributed by atoms with Crippen molar-refractivity contribution >= 4 is 11.8 Å². The first-order chi connectivity index (χ1) is 9.86. The van der Waals surface area contributed by atoms with Crippen LogP contribution in [-0.2, 0) is 6.61 Å². The van der Waals surface area contributed by atoms with Gasteiger partial charge in [-0.25, -0.2) is 0 Å². The van der Waals surface area contributed by atoms with Gasteiger partial charge < -0.3 is 14.8 Å². The summed E-state index contributed by atoms with van der Waals surface area (Å²) in [6.45, 7) is 1.38. The molecule has 1 N–H and O–H groups in total. The first kappa shape index (κ1) is 12.6. The number of hydrogen-bond acceptors (Lipinski definition) is 3. The molecule has 0 aromatic heterocycles. The molecule has 0 spiro atoms. The Kier molecular flexibility index (Phi) is 3.59. The third-order valence-electron chi connectivity index (χ3n) is 3.28. The lowest BCUT2D eigenvalue weighted by atomic mass is 10.1. The monoisotopic (exact) mass is 267 g/mol. The van der Waals surface area contributed by atoms with Gasteiger partial charge in [-0.2, -0.15) is 0 Å². The fraction of sp³-hybridized carbons (Fsp3) is 0.176. The van der Waals surface area contributed by atoms with Crippen molar-refractivity contribution in [2.45, 2.75) is 6.61 Å². The van der Waals surface area contributed by atoms with E-state index in [1.54, 1.807) is 7.11 Å². The third kappa shape index (κ3) is 2.62. The van der Waals surface area contributed by atoms with Crippen molar-refractivity contribution in [2.75, 3.05) is 19.0 Å². The number of anilines is 1. The molecule has 1 heterocycles. The molecule has 0 radical (unpaired) electrons. The third-order valence-corrected chi connectivity index (χ3v) is 3.28. The van der Waals surface area contributed by atoms with Crippen LogP contribution in [0.15, 0.2) is 48.5 Å². The number of rotatable bonds is 4. The summed E-state index contributed by atoms with van der Waals surface area (Å²) in [5.41, 5.74) is 3.34. The number of nitrogens with one attached hydrogen (secondary N) is 1.